The molecule has 1 aliphatic rings. The minimum absolute atomic E-state index is 0.113. The molecule has 1 saturated carbocycles. The zero-order valence-corrected chi connectivity index (χ0v) is 19.9. The van der Waals surface area contributed by atoms with E-state index in [1.165, 1.54) is 0 Å². The Morgan fingerprint density at radius 2 is 1.79 bits per heavy atom. The number of anilines is 1. The first kappa shape index (κ1) is 23.1. The summed E-state index contributed by atoms with van der Waals surface area (Å²) in [6, 6.07) is 18.5. The monoisotopic (exact) mass is 462 g/mol. The van der Waals surface area contributed by atoms with Crippen LogP contribution in [-0.4, -0.2) is 25.0 Å². The molecule has 0 saturated heterocycles. The van der Waals surface area contributed by atoms with E-state index in [2.05, 4.69) is 5.32 Å². The molecule has 2 amide bonds. The molecular formula is C27H30N2O3S. The van der Waals surface area contributed by atoms with Gasteiger partial charge in [-0.1, -0.05) is 43.2 Å². The number of aryl methyl sites for hydroxylation is 1. The Hall–Kier alpha value is -3.12. The molecule has 4 rings (SSSR count). The predicted molar refractivity (Wildman–Crippen MR) is 133 cm³/mol. The van der Waals surface area contributed by atoms with Crippen LogP contribution in [0.2, 0.25) is 0 Å². The first-order chi connectivity index (χ1) is 16.1. The Labute approximate surface area is 199 Å². The van der Waals surface area contributed by atoms with E-state index in [4.69, 9.17) is 4.74 Å². The van der Waals surface area contributed by atoms with Gasteiger partial charge < -0.3 is 10.1 Å². The highest BCUT2D eigenvalue weighted by Crippen LogP contribution is 2.32. The van der Waals surface area contributed by atoms with Crippen LogP contribution in [0.5, 0.6) is 5.75 Å². The van der Waals surface area contributed by atoms with Gasteiger partial charge in [-0.3, -0.25) is 14.5 Å². The Morgan fingerprint density at radius 3 is 2.42 bits per heavy atom. The molecule has 0 aliphatic heterocycles. The summed E-state index contributed by atoms with van der Waals surface area (Å²) in [4.78, 5) is 30.2. The van der Waals surface area contributed by atoms with Crippen molar-refractivity contribution in [1.82, 2.24) is 5.32 Å². The van der Waals surface area contributed by atoms with E-state index in [-0.39, 0.29) is 24.3 Å². The van der Waals surface area contributed by atoms with Gasteiger partial charge in [-0.05, 0) is 66.6 Å². The summed E-state index contributed by atoms with van der Waals surface area (Å²) in [5, 5.41) is 5.20. The number of hydrogen-bond acceptors (Lipinski definition) is 4. The van der Waals surface area contributed by atoms with Crippen LogP contribution >= 0.6 is 11.3 Å². The summed E-state index contributed by atoms with van der Waals surface area (Å²) in [6.07, 6.45) is 4.46. The molecule has 6 heteroatoms. The van der Waals surface area contributed by atoms with Gasteiger partial charge in [-0.25, -0.2) is 0 Å². The number of amides is 2. The predicted octanol–water partition coefficient (Wildman–Crippen LogP) is 5.44. The largest absolute Gasteiger partial charge is 0.497 e. The number of hydrogen-bond donors (Lipinski definition) is 1. The number of methoxy groups -OCH3 is 1. The highest BCUT2D eigenvalue weighted by molar-refractivity contribution is 7.10. The quantitative estimate of drug-likeness (QED) is 0.485. The lowest BCUT2D eigenvalue weighted by molar-refractivity contribution is -0.127. The van der Waals surface area contributed by atoms with Crippen LogP contribution in [0.4, 0.5) is 5.69 Å². The number of benzene rings is 2. The van der Waals surface area contributed by atoms with Crippen molar-refractivity contribution in [3.8, 4) is 5.75 Å². The summed E-state index contributed by atoms with van der Waals surface area (Å²) in [5.74, 6) is 0.455. The van der Waals surface area contributed by atoms with Gasteiger partial charge in [0.25, 0.3) is 0 Å². The van der Waals surface area contributed by atoms with Crippen LogP contribution in [-0.2, 0) is 16.0 Å². The van der Waals surface area contributed by atoms with E-state index in [1.807, 2.05) is 73.0 Å². The van der Waals surface area contributed by atoms with Gasteiger partial charge in [-0.15, -0.1) is 11.3 Å². The highest BCUT2D eigenvalue weighted by atomic mass is 32.1. The molecule has 1 fully saturated rings. The maximum Gasteiger partial charge on any atom is 0.248 e. The summed E-state index contributed by atoms with van der Waals surface area (Å²) < 4.78 is 5.31. The van der Waals surface area contributed by atoms with Gasteiger partial charge in [0.1, 0.15) is 11.8 Å². The molecule has 1 heterocycles. The zero-order chi connectivity index (χ0) is 23.2. The number of nitrogens with zero attached hydrogens (tertiary/aromatic N) is 1. The SMILES string of the molecule is COc1ccc(N(C(=O)Cc2cccs2)[C@@H](C(=O)NC2CCCC2)c2ccccc2C)cc1. The van der Waals surface area contributed by atoms with Crippen LogP contribution in [0.25, 0.3) is 0 Å². The maximum atomic E-state index is 13.8. The van der Waals surface area contributed by atoms with E-state index in [9.17, 15) is 9.59 Å². The van der Waals surface area contributed by atoms with Gasteiger partial charge in [-0.2, -0.15) is 0 Å². The van der Waals surface area contributed by atoms with Crippen LogP contribution < -0.4 is 15.0 Å². The Bertz CT molecular complexity index is 1070. The fourth-order valence-electron chi connectivity index (χ4n) is 4.47. The maximum absolute atomic E-state index is 13.8. The zero-order valence-electron chi connectivity index (χ0n) is 19.1. The van der Waals surface area contributed by atoms with Gasteiger partial charge in [0.15, 0.2) is 0 Å². The van der Waals surface area contributed by atoms with Crippen molar-refractivity contribution in [2.75, 3.05) is 12.0 Å². The third-order valence-corrected chi connectivity index (χ3v) is 7.09. The number of carbonyl (C=O) groups is 2. The summed E-state index contributed by atoms with van der Waals surface area (Å²) in [7, 11) is 1.61. The summed E-state index contributed by atoms with van der Waals surface area (Å²) >= 11 is 1.55. The second kappa shape index (κ2) is 10.7. The first-order valence-corrected chi connectivity index (χ1v) is 12.3. The van der Waals surface area contributed by atoms with Crippen LogP contribution in [0.3, 0.4) is 0 Å². The average Bonchev–Trinajstić information content (AvgIpc) is 3.52. The molecule has 1 aliphatic carbocycles. The highest BCUT2D eigenvalue weighted by Gasteiger charge is 2.35. The molecule has 0 bridgehead atoms. The number of ether oxygens (including phenoxy) is 1. The van der Waals surface area contributed by atoms with Crippen molar-refractivity contribution < 1.29 is 14.3 Å². The topological polar surface area (TPSA) is 58.6 Å². The van der Waals surface area contributed by atoms with Crippen molar-refractivity contribution in [1.29, 1.82) is 0 Å². The minimum Gasteiger partial charge on any atom is -0.497 e. The molecule has 1 aromatic heterocycles. The summed E-state index contributed by atoms with van der Waals surface area (Å²) in [5.41, 5.74) is 2.49. The number of rotatable bonds is 8. The lowest BCUT2D eigenvalue weighted by atomic mass is 9.97. The molecule has 3 aromatic rings. The molecule has 33 heavy (non-hydrogen) atoms. The number of carbonyl (C=O) groups excluding carboxylic acids is 2. The Morgan fingerprint density at radius 1 is 1.06 bits per heavy atom. The first-order valence-electron chi connectivity index (χ1n) is 11.4. The molecule has 1 N–H and O–H groups in total. The van der Waals surface area contributed by atoms with Crippen molar-refractivity contribution in [2.24, 2.45) is 0 Å². The number of thiophene rings is 1. The van der Waals surface area contributed by atoms with Crippen molar-refractivity contribution in [3.05, 3.63) is 82.0 Å². The van der Waals surface area contributed by atoms with E-state index < -0.39 is 6.04 Å². The third-order valence-electron chi connectivity index (χ3n) is 6.22. The average molecular weight is 463 g/mol. The van der Waals surface area contributed by atoms with Crippen LogP contribution in [0, 0.1) is 6.92 Å². The van der Waals surface area contributed by atoms with Crippen LogP contribution in [0.15, 0.2) is 66.0 Å². The normalized spacial score (nSPS) is 14.6. The standard InChI is InChI=1S/C27H30N2O3S/c1-19-8-3-6-12-24(19)26(27(31)28-20-9-4-5-10-20)29(21-13-15-22(32-2)16-14-21)25(30)18-23-11-7-17-33-23/h3,6-8,11-17,20,26H,4-5,9-10,18H2,1-2H3,(H,28,31)/t26-/m1/s1. The van der Waals surface area contributed by atoms with Crippen molar-refractivity contribution >= 4 is 28.8 Å². The smallest absolute Gasteiger partial charge is 0.248 e. The molecule has 0 spiro atoms. The lowest BCUT2D eigenvalue weighted by Gasteiger charge is -2.33. The van der Waals surface area contributed by atoms with E-state index in [0.717, 1.165) is 41.7 Å². The van der Waals surface area contributed by atoms with Crippen molar-refractivity contribution in [3.63, 3.8) is 0 Å². The molecule has 2 aromatic carbocycles. The molecule has 0 unspecified atom stereocenters. The molecule has 0 radical (unpaired) electrons. The van der Waals surface area contributed by atoms with Gasteiger partial charge >= 0.3 is 0 Å². The third kappa shape index (κ3) is 5.45. The molecule has 1 atom stereocenters. The van der Waals surface area contributed by atoms with Gasteiger partial charge in [0, 0.05) is 16.6 Å². The fourth-order valence-corrected chi connectivity index (χ4v) is 5.16. The fraction of sp³-hybridized carbons (Fsp3) is 0.333. The molecule has 5 nitrogen and oxygen atoms in total. The van der Waals surface area contributed by atoms with E-state index in [1.54, 1.807) is 23.3 Å². The van der Waals surface area contributed by atoms with Crippen molar-refractivity contribution in [2.45, 2.75) is 51.1 Å². The summed E-state index contributed by atoms with van der Waals surface area (Å²) in [6.45, 7) is 1.99. The van der Waals surface area contributed by atoms with E-state index in [0.29, 0.717) is 11.4 Å². The number of nitrogens with one attached hydrogen (secondary N) is 1. The second-order valence-electron chi connectivity index (χ2n) is 8.47. The van der Waals surface area contributed by atoms with Gasteiger partial charge in [0.05, 0.1) is 13.5 Å². The minimum atomic E-state index is -0.757. The van der Waals surface area contributed by atoms with Crippen LogP contribution in [0.1, 0.15) is 47.7 Å². The Balaban J connectivity index is 1.77. The second-order valence-corrected chi connectivity index (χ2v) is 9.50. The lowest BCUT2D eigenvalue weighted by Crippen LogP contribution is -2.47. The van der Waals surface area contributed by atoms with E-state index >= 15 is 0 Å². The van der Waals surface area contributed by atoms with Gasteiger partial charge in [0.2, 0.25) is 11.8 Å². The molecule has 172 valence electrons. The molecular weight excluding hydrogens is 432 g/mol. The Kier molecular flexibility index (Phi) is 7.45.